The van der Waals surface area contributed by atoms with E-state index in [-0.39, 0.29) is 11.0 Å². The molecule has 4 rings (SSSR count). The van der Waals surface area contributed by atoms with E-state index < -0.39 is 8.32 Å². The molecule has 0 saturated heterocycles. The third kappa shape index (κ3) is 4.76. The fourth-order valence-corrected chi connectivity index (χ4v) is 9.68. The lowest BCUT2D eigenvalue weighted by atomic mass is 9.50. The van der Waals surface area contributed by atoms with Crippen LogP contribution in [0.25, 0.3) is 0 Å². The Hall–Kier alpha value is -0.873. The second-order valence-electron chi connectivity index (χ2n) is 14.4. The molecular weight excluding hydrogens is 448 g/mol. The molecule has 4 aliphatic carbocycles. The smallest absolute Gasteiger partial charge is 0.305 e. The van der Waals surface area contributed by atoms with E-state index in [0.717, 1.165) is 12.8 Å². The number of hydrogen-bond donors (Lipinski definition) is 0. The first-order valence-electron chi connectivity index (χ1n) is 14.4. The van der Waals surface area contributed by atoms with Crippen molar-refractivity contribution in [1.29, 1.82) is 0 Å². The summed E-state index contributed by atoms with van der Waals surface area (Å²) >= 11 is 0. The van der Waals surface area contributed by atoms with Crippen LogP contribution in [0.5, 0.6) is 0 Å². The summed E-state index contributed by atoms with van der Waals surface area (Å²) in [5, 5.41) is 0.266. The maximum Gasteiger partial charge on any atom is 0.305 e. The van der Waals surface area contributed by atoms with E-state index in [1.807, 2.05) is 0 Å². The number of ether oxygens (including phenoxy) is 1. The highest BCUT2D eigenvalue weighted by Crippen LogP contribution is 2.66. The molecule has 0 spiro atoms. The van der Waals surface area contributed by atoms with E-state index in [1.165, 1.54) is 45.6 Å². The van der Waals surface area contributed by atoms with Crippen molar-refractivity contribution in [1.82, 2.24) is 0 Å². The number of rotatable bonds is 6. The number of carbonyl (C=O) groups excluding carboxylic acids is 1. The highest BCUT2D eigenvalue weighted by atomic mass is 28.4. The Bertz CT molecular complexity index is 880. The number of esters is 1. The van der Waals surface area contributed by atoms with E-state index >= 15 is 0 Å². The molecule has 7 atom stereocenters. The van der Waals surface area contributed by atoms with Crippen LogP contribution in [-0.2, 0) is 14.0 Å². The minimum Gasteiger partial charge on any atom is -0.469 e. The normalized spacial score (nSPS) is 38.0. The molecule has 0 heterocycles. The molecule has 0 amide bonds. The first-order chi connectivity index (χ1) is 16.2. The molecule has 0 aromatic heterocycles. The molecule has 0 bridgehead atoms. The van der Waals surface area contributed by atoms with Crippen molar-refractivity contribution in [3.8, 4) is 0 Å². The van der Waals surface area contributed by atoms with Crippen LogP contribution in [0.3, 0.4) is 0 Å². The predicted molar refractivity (Wildman–Crippen MR) is 148 cm³/mol. The Morgan fingerprint density at radius 3 is 2.46 bits per heavy atom. The van der Waals surface area contributed by atoms with E-state index in [9.17, 15) is 4.79 Å². The van der Waals surface area contributed by atoms with E-state index in [1.54, 1.807) is 11.1 Å². The van der Waals surface area contributed by atoms with Gasteiger partial charge in [-0.15, -0.1) is 0 Å². The predicted octanol–water partition coefficient (Wildman–Crippen LogP) is 8.47. The fraction of sp³-hybridized carbons (Fsp3) is 0.839. The van der Waals surface area contributed by atoms with Crippen LogP contribution in [0.1, 0.15) is 99.3 Å². The van der Waals surface area contributed by atoms with Crippen LogP contribution in [-0.4, -0.2) is 27.5 Å². The summed E-state index contributed by atoms with van der Waals surface area (Å²) in [6, 6.07) is 0. The van der Waals surface area contributed by atoms with Gasteiger partial charge in [0.15, 0.2) is 8.32 Å². The van der Waals surface area contributed by atoms with Crippen LogP contribution in [0, 0.1) is 34.5 Å². The molecule has 3 saturated carbocycles. The van der Waals surface area contributed by atoms with Gasteiger partial charge in [-0.3, -0.25) is 4.79 Å². The van der Waals surface area contributed by atoms with Gasteiger partial charge in [0.25, 0.3) is 0 Å². The maximum atomic E-state index is 11.8. The van der Waals surface area contributed by atoms with Gasteiger partial charge in [0.2, 0.25) is 0 Å². The zero-order valence-electron chi connectivity index (χ0n) is 24.1. The van der Waals surface area contributed by atoms with Crippen molar-refractivity contribution >= 4 is 14.3 Å². The molecule has 35 heavy (non-hydrogen) atoms. The van der Waals surface area contributed by atoms with Gasteiger partial charge in [-0.05, 0) is 104 Å². The lowest BCUT2D eigenvalue weighted by Crippen LogP contribution is -2.49. The number of carbonyl (C=O) groups is 1. The Kier molecular flexibility index (Phi) is 7.34. The topological polar surface area (TPSA) is 35.5 Å². The molecule has 0 N–H and O–H groups in total. The van der Waals surface area contributed by atoms with E-state index in [2.05, 4.69) is 66.8 Å². The molecule has 0 unspecified atom stereocenters. The number of fused-ring (bicyclic) bond motifs is 5. The van der Waals surface area contributed by atoms with Crippen molar-refractivity contribution in [2.24, 2.45) is 34.5 Å². The summed E-state index contributed by atoms with van der Waals surface area (Å²) in [6.07, 6.45) is 15.9. The molecule has 4 aliphatic rings. The highest BCUT2D eigenvalue weighted by molar-refractivity contribution is 6.74. The van der Waals surface area contributed by atoms with Gasteiger partial charge >= 0.3 is 5.97 Å². The monoisotopic (exact) mass is 500 g/mol. The largest absolute Gasteiger partial charge is 0.469 e. The van der Waals surface area contributed by atoms with Crippen LogP contribution >= 0.6 is 0 Å². The average molecular weight is 501 g/mol. The third-order valence-electron chi connectivity index (χ3n) is 11.6. The standard InChI is InChI=1S/C31H52O3Si/c1-21(10-15-28(32)33-7)25-13-14-26-24-12-11-22-20-23(34-35(8,9)29(2,3)4)16-18-30(22,5)27(24)17-19-31(25,26)6/h11-12,21,23,25-27H,10,13-20H2,1-9H3/t21-,23+,25-,26+,27+,30+,31-/m1/s1. The summed E-state index contributed by atoms with van der Waals surface area (Å²) in [5.74, 6) is 2.65. The van der Waals surface area contributed by atoms with Gasteiger partial charge in [-0.2, -0.15) is 0 Å². The van der Waals surface area contributed by atoms with Crippen molar-refractivity contribution in [2.75, 3.05) is 7.11 Å². The van der Waals surface area contributed by atoms with Crippen LogP contribution < -0.4 is 0 Å². The summed E-state index contributed by atoms with van der Waals surface area (Å²) in [7, 11) is -0.236. The number of allylic oxidation sites excluding steroid dienone is 3. The van der Waals surface area contributed by atoms with Gasteiger partial charge in [0.05, 0.1) is 7.11 Å². The van der Waals surface area contributed by atoms with Crippen LogP contribution in [0.15, 0.2) is 23.3 Å². The van der Waals surface area contributed by atoms with E-state index in [4.69, 9.17) is 9.16 Å². The number of hydrogen-bond acceptors (Lipinski definition) is 3. The summed E-state index contributed by atoms with van der Waals surface area (Å²) in [5.41, 5.74) is 4.11. The second-order valence-corrected chi connectivity index (χ2v) is 19.2. The Morgan fingerprint density at radius 1 is 1.09 bits per heavy atom. The maximum absolute atomic E-state index is 11.8. The molecular formula is C31H52O3Si. The zero-order valence-corrected chi connectivity index (χ0v) is 25.1. The van der Waals surface area contributed by atoms with Crippen LogP contribution in [0.4, 0.5) is 0 Å². The Morgan fingerprint density at radius 2 is 1.80 bits per heavy atom. The van der Waals surface area contributed by atoms with Crippen molar-refractivity contribution < 1.29 is 14.0 Å². The van der Waals surface area contributed by atoms with E-state index in [0.29, 0.717) is 47.0 Å². The molecule has 0 aromatic rings. The molecule has 0 aromatic carbocycles. The van der Waals surface area contributed by atoms with Crippen molar-refractivity contribution in [2.45, 2.75) is 124 Å². The van der Waals surface area contributed by atoms with Crippen LogP contribution in [0.2, 0.25) is 18.1 Å². The molecule has 198 valence electrons. The lowest BCUT2D eigenvalue weighted by Gasteiger charge is -2.56. The van der Waals surface area contributed by atoms with Gasteiger partial charge in [-0.1, -0.05) is 64.8 Å². The molecule has 0 aliphatic heterocycles. The lowest BCUT2D eigenvalue weighted by molar-refractivity contribution is -0.141. The first kappa shape index (κ1) is 27.2. The summed E-state index contributed by atoms with van der Waals surface area (Å²) in [4.78, 5) is 11.8. The van der Waals surface area contributed by atoms with Crippen molar-refractivity contribution in [3.63, 3.8) is 0 Å². The summed E-state index contributed by atoms with van der Waals surface area (Å²) < 4.78 is 11.8. The quantitative estimate of drug-likeness (QED) is 0.271. The zero-order chi connectivity index (χ0) is 25.8. The molecule has 0 radical (unpaired) electrons. The second kappa shape index (κ2) is 9.46. The summed E-state index contributed by atoms with van der Waals surface area (Å²) in [6.45, 7) is 19.4. The van der Waals surface area contributed by atoms with Crippen molar-refractivity contribution in [3.05, 3.63) is 23.3 Å². The molecule has 4 heteroatoms. The fourth-order valence-electron chi connectivity index (χ4n) is 8.29. The van der Waals surface area contributed by atoms with Gasteiger partial charge in [0.1, 0.15) is 0 Å². The SMILES string of the molecule is COC(=O)CC[C@@H](C)[C@H]1CC[C@H]2C3=CC=C4C[C@@H](O[Si](C)(C)C(C)(C)C)CC[C@]4(C)[C@H]3CC[C@]12C. The highest BCUT2D eigenvalue weighted by Gasteiger charge is 2.57. The Labute approximate surface area is 216 Å². The minimum atomic E-state index is -1.74. The Balaban J connectivity index is 1.51. The first-order valence-corrected chi connectivity index (χ1v) is 17.3. The van der Waals surface area contributed by atoms with Gasteiger partial charge in [0, 0.05) is 12.5 Å². The minimum absolute atomic E-state index is 0.0611. The van der Waals surface area contributed by atoms with Gasteiger partial charge < -0.3 is 9.16 Å². The molecule has 3 fully saturated rings. The number of methoxy groups -OCH3 is 1. The third-order valence-corrected chi connectivity index (χ3v) is 16.1. The van der Waals surface area contributed by atoms with Gasteiger partial charge in [-0.25, -0.2) is 0 Å². The molecule has 3 nitrogen and oxygen atoms in total. The average Bonchev–Trinajstić information content (AvgIpc) is 3.13.